The minimum absolute atomic E-state index is 0.0887. The number of nitrogens with one attached hydrogen (secondary N) is 2. The van der Waals surface area contributed by atoms with Gasteiger partial charge in [0, 0.05) is 6.61 Å². The zero-order valence-corrected chi connectivity index (χ0v) is 13.6. The van der Waals surface area contributed by atoms with E-state index in [0.717, 1.165) is 23.5 Å². The zero-order chi connectivity index (χ0) is 17.6. The highest BCUT2D eigenvalue weighted by atomic mass is 35.5. The van der Waals surface area contributed by atoms with E-state index in [1.54, 1.807) is 0 Å². The molecule has 0 amide bonds. The van der Waals surface area contributed by atoms with Gasteiger partial charge in [0.05, 0.1) is 22.5 Å². The van der Waals surface area contributed by atoms with Crippen molar-refractivity contribution in [1.29, 1.82) is 0 Å². The fourth-order valence-electron chi connectivity index (χ4n) is 2.85. The van der Waals surface area contributed by atoms with Gasteiger partial charge < -0.3 is 9.72 Å². The van der Waals surface area contributed by atoms with Gasteiger partial charge in [0.1, 0.15) is 17.7 Å². The average molecular weight is 366 g/mol. The first-order valence-corrected chi connectivity index (χ1v) is 8.05. The van der Waals surface area contributed by atoms with Gasteiger partial charge in [-0.25, -0.2) is 14.2 Å². The molecule has 10 heteroatoms. The molecule has 0 bridgehead atoms. The molecule has 1 unspecified atom stereocenters. The van der Waals surface area contributed by atoms with E-state index < -0.39 is 17.1 Å². The third-order valence-electron chi connectivity index (χ3n) is 4.10. The summed E-state index contributed by atoms with van der Waals surface area (Å²) in [6.07, 6.45) is 1.60. The fourth-order valence-corrected chi connectivity index (χ4v) is 3.01. The van der Waals surface area contributed by atoms with E-state index in [2.05, 4.69) is 20.2 Å². The number of ether oxygens (including phenoxy) is 1. The first kappa shape index (κ1) is 16.0. The Kier molecular flexibility index (Phi) is 3.89. The third kappa shape index (κ3) is 2.85. The van der Waals surface area contributed by atoms with E-state index in [0.29, 0.717) is 18.3 Å². The van der Waals surface area contributed by atoms with Gasteiger partial charge in [0.15, 0.2) is 5.82 Å². The van der Waals surface area contributed by atoms with E-state index in [9.17, 15) is 14.0 Å². The van der Waals surface area contributed by atoms with Crippen molar-refractivity contribution < 1.29 is 9.13 Å². The van der Waals surface area contributed by atoms with Crippen LogP contribution in [0, 0.1) is 5.82 Å². The van der Waals surface area contributed by atoms with E-state index in [1.807, 2.05) is 0 Å². The molecule has 8 nitrogen and oxygen atoms in total. The molecule has 2 aromatic heterocycles. The van der Waals surface area contributed by atoms with Crippen molar-refractivity contribution in [2.75, 3.05) is 6.61 Å². The summed E-state index contributed by atoms with van der Waals surface area (Å²) in [5.74, 6) is 0.145. The Bertz CT molecular complexity index is 1070. The van der Waals surface area contributed by atoms with Crippen LogP contribution < -0.4 is 11.2 Å². The van der Waals surface area contributed by atoms with E-state index in [1.165, 1.54) is 6.07 Å². The Balaban J connectivity index is 1.73. The first-order chi connectivity index (χ1) is 12.0. The molecule has 0 aliphatic carbocycles. The number of halogens is 2. The summed E-state index contributed by atoms with van der Waals surface area (Å²) in [6, 6.07) is 2.22. The molecule has 0 saturated carbocycles. The zero-order valence-electron chi connectivity index (χ0n) is 12.9. The van der Waals surface area contributed by atoms with Gasteiger partial charge in [-0.1, -0.05) is 11.6 Å². The van der Waals surface area contributed by atoms with Crippen LogP contribution in [0.5, 0.6) is 0 Å². The molecular weight excluding hydrogens is 353 g/mol. The lowest BCUT2D eigenvalue weighted by atomic mass is 10.2. The second-order valence-electron chi connectivity index (χ2n) is 5.78. The number of hydrogen-bond acceptors (Lipinski definition) is 5. The summed E-state index contributed by atoms with van der Waals surface area (Å²) < 4.78 is 20.0. The van der Waals surface area contributed by atoms with Gasteiger partial charge in [-0.2, -0.15) is 5.10 Å². The number of fused-ring (bicyclic) bond motifs is 1. The summed E-state index contributed by atoms with van der Waals surface area (Å²) >= 11 is 5.73. The quantitative estimate of drug-likeness (QED) is 0.731. The molecular formula is C15H13ClFN5O3. The van der Waals surface area contributed by atoms with Crippen LogP contribution in [0.2, 0.25) is 5.02 Å². The molecule has 3 aromatic rings. The van der Waals surface area contributed by atoms with Gasteiger partial charge in [-0.05, 0) is 25.0 Å². The first-order valence-electron chi connectivity index (χ1n) is 7.67. The van der Waals surface area contributed by atoms with Crippen molar-refractivity contribution in [2.45, 2.75) is 25.5 Å². The summed E-state index contributed by atoms with van der Waals surface area (Å²) in [6.45, 7) is 0.564. The number of benzene rings is 1. The lowest BCUT2D eigenvalue weighted by Gasteiger charge is -2.05. The molecule has 4 rings (SSSR count). The van der Waals surface area contributed by atoms with Crippen LogP contribution in [-0.2, 0) is 11.3 Å². The van der Waals surface area contributed by atoms with Crippen molar-refractivity contribution in [2.24, 2.45) is 0 Å². The van der Waals surface area contributed by atoms with Crippen LogP contribution in [0.4, 0.5) is 4.39 Å². The Morgan fingerprint density at radius 2 is 2.24 bits per heavy atom. The summed E-state index contributed by atoms with van der Waals surface area (Å²) in [5, 5.41) is 6.72. The molecule has 1 saturated heterocycles. The maximum absolute atomic E-state index is 13.5. The normalized spacial score (nSPS) is 17.4. The number of hydrogen-bond donors (Lipinski definition) is 2. The third-order valence-corrected chi connectivity index (χ3v) is 4.39. The molecule has 0 spiro atoms. The Hall–Kier alpha value is -2.52. The van der Waals surface area contributed by atoms with Crippen LogP contribution in [0.25, 0.3) is 10.9 Å². The largest absolute Gasteiger partial charge is 0.370 e. The molecule has 0 radical (unpaired) electrons. The van der Waals surface area contributed by atoms with Crippen LogP contribution in [0.3, 0.4) is 0 Å². The number of aromatic amines is 2. The van der Waals surface area contributed by atoms with Crippen LogP contribution >= 0.6 is 11.6 Å². The van der Waals surface area contributed by atoms with Gasteiger partial charge in [0.25, 0.3) is 5.56 Å². The molecule has 1 aromatic carbocycles. The number of nitrogens with zero attached hydrogens (tertiary/aromatic N) is 3. The highest BCUT2D eigenvalue weighted by molar-refractivity contribution is 6.31. The van der Waals surface area contributed by atoms with Crippen LogP contribution in [0.1, 0.15) is 30.6 Å². The van der Waals surface area contributed by atoms with Gasteiger partial charge in [-0.3, -0.25) is 14.5 Å². The Labute approximate surface area is 144 Å². The standard InChI is InChI=1S/C15H13ClFN5O3/c16-8-4-7-10(5-9(8)17)18-15(24)22(14(7)23)6-12-19-13(21-20-12)11-2-1-3-25-11/h4-5,11H,1-3,6H2,(H,18,24)(H,19,20,21). The molecule has 1 fully saturated rings. The monoisotopic (exact) mass is 365 g/mol. The molecule has 1 atom stereocenters. The second kappa shape index (κ2) is 6.08. The van der Waals surface area contributed by atoms with Crippen molar-refractivity contribution in [3.63, 3.8) is 0 Å². The van der Waals surface area contributed by atoms with E-state index in [4.69, 9.17) is 16.3 Å². The average Bonchev–Trinajstić information content (AvgIpc) is 3.24. The van der Waals surface area contributed by atoms with Gasteiger partial charge >= 0.3 is 5.69 Å². The topological polar surface area (TPSA) is 106 Å². The lowest BCUT2D eigenvalue weighted by molar-refractivity contribution is 0.105. The highest BCUT2D eigenvalue weighted by Crippen LogP contribution is 2.25. The Morgan fingerprint density at radius 1 is 1.40 bits per heavy atom. The minimum atomic E-state index is -0.710. The Morgan fingerprint density at radius 3 is 3.00 bits per heavy atom. The molecule has 3 heterocycles. The predicted octanol–water partition coefficient (Wildman–Crippen LogP) is 1.50. The van der Waals surface area contributed by atoms with E-state index in [-0.39, 0.29) is 28.6 Å². The number of aromatic nitrogens is 5. The minimum Gasteiger partial charge on any atom is -0.370 e. The second-order valence-corrected chi connectivity index (χ2v) is 6.18. The summed E-state index contributed by atoms with van der Waals surface area (Å²) in [7, 11) is 0. The maximum atomic E-state index is 13.5. The number of H-pyrrole nitrogens is 2. The molecule has 25 heavy (non-hydrogen) atoms. The van der Waals surface area contributed by atoms with Crippen molar-refractivity contribution in [3.05, 3.63) is 55.5 Å². The fraction of sp³-hybridized carbons (Fsp3) is 0.333. The van der Waals surface area contributed by atoms with Gasteiger partial charge in [-0.15, -0.1) is 0 Å². The molecule has 1 aliphatic heterocycles. The summed E-state index contributed by atoms with van der Waals surface area (Å²) in [5.41, 5.74) is -1.17. The van der Waals surface area contributed by atoms with Gasteiger partial charge in [0.2, 0.25) is 0 Å². The molecule has 130 valence electrons. The molecule has 1 aliphatic rings. The van der Waals surface area contributed by atoms with Crippen molar-refractivity contribution in [3.8, 4) is 0 Å². The molecule has 2 N–H and O–H groups in total. The number of rotatable bonds is 3. The predicted molar refractivity (Wildman–Crippen MR) is 87.2 cm³/mol. The van der Waals surface area contributed by atoms with Crippen molar-refractivity contribution >= 4 is 22.5 Å². The lowest BCUT2D eigenvalue weighted by Crippen LogP contribution is -2.35. The SMILES string of the molecule is O=c1[nH]c2cc(F)c(Cl)cc2c(=O)n1Cc1nc(C2CCCO2)n[nH]1. The maximum Gasteiger partial charge on any atom is 0.329 e. The smallest absolute Gasteiger partial charge is 0.329 e. The van der Waals surface area contributed by atoms with Crippen LogP contribution in [-0.4, -0.2) is 31.3 Å². The van der Waals surface area contributed by atoms with Crippen LogP contribution in [0.15, 0.2) is 21.7 Å². The van der Waals surface area contributed by atoms with E-state index >= 15 is 0 Å². The highest BCUT2D eigenvalue weighted by Gasteiger charge is 2.22. The summed E-state index contributed by atoms with van der Waals surface area (Å²) in [4.78, 5) is 31.5. The van der Waals surface area contributed by atoms with Crippen molar-refractivity contribution in [1.82, 2.24) is 24.7 Å².